The molecule has 0 saturated heterocycles. The largest absolute Gasteiger partial charge is 0.505 e. The molecule has 12 heavy (non-hydrogen) atoms. The van der Waals surface area contributed by atoms with Crippen molar-refractivity contribution in [1.29, 1.82) is 0 Å². The van der Waals surface area contributed by atoms with E-state index >= 15 is 0 Å². The van der Waals surface area contributed by atoms with E-state index in [1.807, 2.05) is 0 Å². The smallest absolute Gasteiger partial charge is 0.155 e. The van der Waals surface area contributed by atoms with Crippen LogP contribution in [0.5, 0.6) is 5.75 Å². The van der Waals surface area contributed by atoms with Crippen LogP contribution in [0.25, 0.3) is 0 Å². The van der Waals surface area contributed by atoms with Gasteiger partial charge in [-0.2, -0.15) is 0 Å². The van der Waals surface area contributed by atoms with E-state index < -0.39 is 0 Å². The fraction of sp³-hybridized carbons (Fsp3) is 0. The molecule has 0 fully saturated rings. The molecule has 0 saturated carbocycles. The highest BCUT2D eigenvalue weighted by Gasteiger charge is 2.17. The molecule has 1 nitrogen and oxygen atoms in total. The second kappa shape index (κ2) is 3.72. The molecule has 0 heterocycles. The van der Waals surface area contributed by atoms with Crippen LogP contribution in [0, 0.1) is 0 Å². The maximum absolute atomic E-state index is 9.23. The van der Waals surface area contributed by atoms with Crippen LogP contribution in [-0.2, 0) is 0 Å². The lowest BCUT2D eigenvalue weighted by Crippen LogP contribution is -1.79. The van der Waals surface area contributed by atoms with Crippen molar-refractivity contribution in [3.8, 4) is 5.75 Å². The zero-order valence-electron chi connectivity index (χ0n) is 5.41. The van der Waals surface area contributed by atoms with Crippen molar-refractivity contribution in [3.05, 3.63) is 20.1 Å². The van der Waals surface area contributed by atoms with Gasteiger partial charge in [-0.3, -0.25) is 0 Å². The topological polar surface area (TPSA) is 20.2 Å². The number of halogens is 4. The minimum atomic E-state index is -0.328. The van der Waals surface area contributed by atoms with Crippen molar-refractivity contribution >= 4 is 59.0 Å². The summed E-state index contributed by atoms with van der Waals surface area (Å²) in [5.74, 6) is -0.328. The molecule has 0 aliphatic heterocycles. The van der Waals surface area contributed by atoms with E-state index in [0.717, 1.165) is 0 Å². The predicted octanol–water partition coefficient (Wildman–Crippen LogP) is 4.29. The minimum Gasteiger partial charge on any atom is -0.505 e. The summed E-state index contributed by atoms with van der Waals surface area (Å²) in [5.41, 5.74) is 0. The molecule has 1 aromatic carbocycles. The fourth-order valence-corrected chi connectivity index (χ4v) is 1.81. The van der Waals surface area contributed by atoms with Gasteiger partial charge in [0.1, 0.15) is 10.0 Å². The highest BCUT2D eigenvalue weighted by Crippen LogP contribution is 2.46. The third kappa shape index (κ3) is 1.59. The summed E-state index contributed by atoms with van der Waals surface area (Å²) in [6, 6.07) is 0. The van der Waals surface area contributed by atoms with E-state index in [1.165, 1.54) is 0 Å². The zero-order valence-corrected chi connectivity index (χ0v) is 9.32. The van der Waals surface area contributed by atoms with Crippen LogP contribution in [0.15, 0.2) is 4.90 Å². The van der Waals surface area contributed by atoms with Crippen LogP contribution in [0.4, 0.5) is 0 Å². The molecule has 1 aromatic rings. The molecule has 0 spiro atoms. The second-order valence-corrected chi connectivity index (χ2v) is 3.91. The van der Waals surface area contributed by atoms with E-state index in [2.05, 4.69) is 12.6 Å². The Labute approximate surface area is 94.6 Å². The van der Waals surface area contributed by atoms with Gasteiger partial charge in [-0.1, -0.05) is 46.4 Å². The van der Waals surface area contributed by atoms with Gasteiger partial charge in [-0.25, -0.2) is 0 Å². The number of phenols is 1. The summed E-state index contributed by atoms with van der Waals surface area (Å²) in [6.07, 6.45) is 0. The quantitative estimate of drug-likeness (QED) is 0.528. The molecular weight excluding hydrogens is 262 g/mol. The van der Waals surface area contributed by atoms with Gasteiger partial charge in [0.25, 0.3) is 0 Å². The third-order valence-corrected chi connectivity index (χ3v) is 3.61. The Morgan fingerprint density at radius 3 is 1.50 bits per heavy atom. The van der Waals surface area contributed by atoms with Gasteiger partial charge in [0.05, 0.1) is 10.0 Å². The maximum Gasteiger partial charge on any atom is 0.155 e. The van der Waals surface area contributed by atoms with Crippen molar-refractivity contribution < 1.29 is 5.11 Å². The Balaban J connectivity index is 3.60. The van der Waals surface area contributed by atoms with Crippen molar-refractivity contribution in [3.63, 3.8) is 0 Å². The summed E-state index contributed by atoms with van der Waals surface area (Å²) in [7, 11) is 0. The first kappa shape index (κ1) is 10.6. The van der Waals surface area contributed by atoms with Crippen LogP contribution >= 0.6 is 59.0 Å². The van der Waals surface area contributed by atoms with Crippen molar-refractivity contribution in [2.24, 2.45) is 0 Å². The van der Waals surface area contributed by atoms with E-state index in [4.69, 9.17) is 46.4 Å². The van der Waals surface area contributed by atoms with E-state index in [-0.39, 0.29) is 30.7 Å². The SMILES string of the molecule is Oc1c(Cl)c(Cl)c(S)c(Cl)c1Cl. The fourth-order valence-electron chi connectivity index (χ4n) is 0.609. The predicted molar refractivity (Wildman–Crippen MR) is 55.4 cm³/mol. The molecule has 1 N–H and O–H groups in total. The number of phenolic OH excluding ortho intramolecular Hbond substituents is 1. The molecule has 0 unspecified atom stereocenters. The number of hydrogen-bond donors (Lipinski definition) is 2. The first-order valence-electron chi connectivity index (χ1n) is 2.70. The van der Waals surface area contributed by atoms with Crippen molar-refractivity contribution in [2.45, 2.75) is 4.90 Å². The molecule has 66 valence electrons. The van der Waals surface area contributed by atoms with Gasteiger partial charge in [0.15, 0.2) is 5.75 Å². The number of aromatic hydroxyl groups is 1. The Morgan fingerprint density at radius 2 is 1.17 bits per heavy atom. The Kier molecular flexibility index (Phi) is 3.29. The second-order valence-electron chi connectivity index (χ2n) is 1.95. The van der Waals surface area contributed by atoms with Crippen LogP contribution in [0.2, 0.25) is 20.1 Å². The minimum absolute atomic E-state index is 0.0453. The average molecular weight is 264 g/mol. The Bertz CT molecular complexity index is 234. The van der Waals surface area contributed by atoms with Gasteiger partial charge < -0.3 is 5.11 Å². The number of benzene rings is 1. The molecule has 1 rings (SSSR count). The first-order chi connectivity index (χ1) is 5.46. The van der Waals surface area contributed by atoms with Gasteiger partial charge in [0.2, 0.25) is 0 Å². The molecule has 0 bridgehead atoms. The van der Waals surface area contributed by atoms with Crippen LogP contribution in [0.3, 0.4) is 0 Å². The van der Waals surface area contributed by atoms with Crippen LogP contribution in [0.1, 0.15) is 0 Å². The van der Waals surface area contributed by atoms with Gasteiger partial charge in [0, 0.05) is 4.90 Å². The number of hydrogen-bond acceptors (Lipinski definition) is 2. The number of rotatable bonds is 0. The lowest BCUT2D eigenvalue weighted by Gasteiger charge is -2.07. The van der Waals surface area contributed by atoms with E-state index in [9.17, 15) is 5.11 Å². The summed E-state index contributed by atoms with van der Waals surface area (Å²) in [4.78, 5) is 0.256. The lowest BCUT2D eigenvalue weighted by atomic mass is 10.3. The van der Waals surface area contributed by atoms with Crippen molar-refractivity contribution in [1.82, 2.24) is 0 Å². The molecule has 0 aliphatic rings. The zero-order chi connectivity index (χ0) is 9.46. The molecule has 0 aliphatic carbocycles. The molecule has 0 aromatic heterocycles. The summed E-state index contributed by atoms with van der Waals surface area (Å²) < 4.78 is 0. The monoisotopic (exact) mass is 262 g/mol. The molecule has 0 radical (unpaired) electrons. The molecule has 0 amide bonds. The van der Waals surface area contributed by atoms with Crippen LogP contribution < -0.4 is 0 Å². The molecular formula is C6H2Cl4OS. The lowest BCUT2D eigenvalue weighted by molar-refractivity contribution is 0.475. The average Bonchev–Trinajstić information content (AvgIpc) is 2.08. The normalized spacial score (nSPS) is 10.4. The molecule has 6 heteroatoms. The Hall–Kier alpha value is 0.530. The van der Waals surface area contributed by atoms with Crippen molar-refractivity contribution in [2.75, 3.05) is 0 Å². The summed E-state index contributed by atoms with van der Waals surface area (Å²) in [6.45, 7) is 0. The van der Waals surface area contributed by atoms with E-state index in [0.29, 0.717) is 0 Å². The highest BCUT2D eigenvalue weighted by atomic mass is 35.5. The van der Waals surface area contributed by atoms with Gasteiger partial charge >= 0.3 is 0 Å². The van der Waals surface area contributed by atoms with Crippen LogP contribution in [-0.4, -0.2) is 5.11 Å². The summed E-state index contributed by atoms with van der Waals surface area (Å²) in [5, 5.41) is 9.31. The summed E-state index contributed by atoms with van der Waals surface area (Å²) >= 11 is 26.4. The standard InChI is InChI=1S/C6H2Cl4OS/c7-1-3(9)6(12)4(10)2(8)5(1)11/h11-12H. The van der Waals surface area contributed by atoms with Gasteiger partial charge in [-0.15, -0.1) is 12.6 Å². The van der Waals surface area contributed by atoms with Gasteiger partial charge in [-0.05, 0) is 0 Å². The highest BCUT2D eigenvalue weighted by molar-refractivity contribution is 7.80. The number of thiol groups is 1. The first-order valence-corrected chi connectivity index (χ1v) is 4.66. The Morgan fingerprint density at radius 1 is 0.833 bits per heavy atom. The molecule has 0 atom stereocenters. The van der Waals surface area contributed by atoms with E-state index in [1.54, 1.807) is 0 Å². The maximum atomic E-state index is 9.23. The third-order valence-electron chi connectivity index (χ3n) is 1.22.